The minimum absolute atomic E-state index is 0.517. The van der Waals surface area contributed by atoms with Gasteiger partial charge in [0.2, 0.25) is 5.95 Å². The van der Waals surface area contributed by atoms with Crippen LogP contribution in [-0.2, 0) is 0 Å². The van der Waals surface area contributed by atoms with E-state index in [1.165, 1.54) is 32.1 Å². The van der Waals surface area contributed by atoms with E-state index in [0.717, 1.165) is 15.2 Å². The van der Waals surface area contributed by atoms with E-state index < -0.39 is 0 Å². The first kappa shape index (κ1) is 12.2. The van der Waals surface area contributed by atoms with Crippen LogP contribution in [-0.4, -0.2) is 15.2 Å². The molecule has 2 heterocycles. The molecule has 1 aliphatic rings. The summed E-state index contributed by atoms with van der Waals surface area (Å²) in [6, 6.07) is 2.10. The van der Waals surface area contributed by atoms with E-state index in [0.29, 0.717) is 11.2 Å². The van der Waals surface area contributed by atoms with E-state index in [4.69, 9.17) is 5.84 Å². The van der Waals surface area contributed by atoms with Crippen LogP contribution in [0.2, 0.25) is 0 Å². The van der Waals surface area contributed by atoms with Crippen molar-refractivity contribution < 1.29 is 0 Å². The lowest BCUT2D eigenvalue weighted by molar-refractivity contribution is 0.516. The van der Waals surface area contributed by atoms with Gasteiger partial charge in [0, 0.05) is 10.6 Å². The zero-order valence-corrected chi connectivity index (χ0v) is 11.7. The molecular weight excluding hydrogens is 264 g/mol. The van der Waals surface area contributed by atoms with Gasteiger partial charge in [0.15, 0.2) is 0 Å². The molecule has 1 saturated carbocycles. The van der Waals surface area contributed by atoms with Gasteiger partial charge < -0.3 is 0 Å². The van der Waals surface area contributed by atoms with Gasteiger partial charge in [0.1, 0.15) is 9.86 Å². The molecule has 6 heteroatoms. The van der Waals surface area contributed by atoms with E-state index in [2.05, 4.69) is 26.8 Å². The lowest BCUT2D eigenvalue weighted by Crippen LogP contribution is -2.12. The topological polar surface area (TPSA) is 63.8 Å². The summed E-state index contributed by atoms with van der Waals surface area (Å²) in [6.45, 7) is 0. The first-order valence-electron chi connectivity index (χ1n) is 6.25. The number of nitrogens with two attached hydrogens (primary N) is 1. The maximum atomic E-state index is 5.43. The Morgan fingerprint density at radius 3 is 2.89 bits per heavy atom. The van der Waals surface area contributed by atoms with Gasteiger partial charge in [0.25, 0.3) is 0 Å². The summed E-state index contributed by atoms with van der Waals surface area (Å²) in [7, 11) is 0. The number of hydrogen-bond acceptors (Lipinski definition) is 6. The first-order valence-corrected chi connectivity index (χ1v) is 8.01. The fourth-order valence-corrected chi connectivity index (χ4v) is 4.47. The predicted molar refractivity (Wildman–Crippen MR) is 78.0 cm³/mol. The molecule has 0 atom stereocenters. The summed E-state index contributed by atoms with van der Waals surface area (Å²) in [6.07, 6.45) is 6.66. The third-order valence-electron chi connectivity index (χ3n) is 3.25. The van der Waals surface area contributed by atoms with Crippen molar-refractivity contribution in [2.24, 2.45) is 5.84 Å². The van der Waals surface area contributed by atoms with Crippen LogP contribution in [0.1, 0.15) is 32.1 Å². The van der Waals surface area contributed by atoms with E-state index in [9.17, 15) is 0 Å². The monoisotopic (exact) mass is 280 g/mol. The number of hydrogen-bond donors (Lipinski definition) is 2. The van der Waals surface area contributed by atoms with Crippen LogP contribution in [0.3, 0.4) is 0 Å². The highest BCUT2D eigenvalue weighted by Gasteiger charge is 2.18. The molecule has 0 aromatic carbocycles. The number of thioether (sulfide) groups is 1. The Morgan fingerprint density at radius 1 is 1.28 bits per heavy atom. The molecule has 2 aromatic rings. The zero-order chi connectivity index (χ0) is 12.4. The van der Waals surface area contributed by atoms with Crippen molar-refractivity contribution in [2.45, 2.75) is 42.4 Å². The number of rotatable bonds is 3. The molecule has 1 fully saturated rings. The van der Waals surface area contributed by atoms with Crippen molar-refractivity contribution in [3.8, 4) is 0 Å². The van der Waals surface area contributed by atoms with Crippen LogP contribution in [0.4, 0.5) is 5.95 Å². The molecule has 0 amide bonds. The summed E-state index contributed by atoms with van der Waals surface area (Å²) in [5.74, 6) is 5.95. The standard InChI is InChI=1S/C12H16N4S2/c13-16-12-14-10-9(6-7-17-10)11(15-12)18-8-4-2-1-3-5-8/h6-8H,1-5,13H2,(H,14,15,16). The largest absolute Gasteiger partial charge is 0.292 e. The smallest absolute Gasteiger partial charge is 0.239 e. The normalized spacial score (nSPS) is 17.2. The number of aromatic nitrogens is 2. The lowest BCUT2D eigenvalue weighted by Gasteiger charge is -2.20. The molecule has 1 aliphatic carbocycles. The minimum Gasteiger partial charge on any atom is -0.292 e. The number of thiophene rings is 1. The summed E-state index contributed by atoms with van der Waals surface area (Å²) in [5, 5.41) is 4.99. The van der Waals surface area contributed by atoms with Crippen LogP contribution in [0.15, 0.2) is 16.5 Å². The SMILES string of the molecule is NNc1nc(SC2CCCCC2)c2ccsc2n1. The summed E-state index contributed by atoms with van der Waals surface area (Å²) >= 11 is 3.52. The molecule has 0 bridgehead atoms. The second-order valence-electron chi connectivity index (χ2n) is 4.51. The fourth-order valence-electron chi connectivity index (χ4n) is 2.32. The average molecular weight is 280 g/mol. The van der Waals surface area contributed by atoms with Gasteiger partial charge in [-0.2, -0.15) is 0 Å². The minimum atomic E-state index is 0.517. The number of fused-ring (bicyclic) bond motifs is 1. The van der Waals surface area contributed by atoms with E-state index in [-0.39, 0.29) is 0 Å². The zero-order valence-electron chi connectivity index (χ0n) is 10.1. The molecule has 2 aromatic heterocycles. The Balaban J connectivity index is 1.91. The molecule has 0 saturated heterocycles. The Hall–Kier alpha value is -0.850. The van der Waals surface area contributed by atoms with Crippen molar-refractivity contribution >= 4 is 39.3 Å². The number of nitrogens with one attached hydrogen (secondary N) is 1. The quantitative estimate of drug-likeness (QED) is 0.512. The molecule has 0 aliphatic heterocycles. The molecule has 0 radical (unpaired) electrons. The van der Waals surface area contributed by atoms with Gasteiger partial charge in [-0.25, -0.2) is 15.8 Å². The Kier molecular flexibility index (Phi) is 3.67. The molecule has 3 rings (SSSR count). The van der Waals surface area contributed by atoms with Gasteiger partial charge in [-0.3, -0.25) is 5.43 Å². The summed E-state index contributed by atoms with van der Waals surface area (Å²) < 4.78 is 0. The van der Waals surface area contributed by atoms with Crippen LogP contribution < -0.4 is 11.3 Å². The van der Waals surface area contributed by atoms with E-state index >= 15 is 0 Å². The lowest BCUT2D eigenvalue weighted by atomic mass is 10.0. The van der Waals surface area contributed by atoms with Crippen LogP contribution in [0, 0.1) is 0 Å². The first-order chi connectivity index (χ1) is 8.86. The third kappa shape index (κ3) is 2.46. The van der Waals surface area contributed by atoms with Gasteiger partial charge in [0.05, 0.1) is 0 Å². The fraction of sp³-hybridized carbons (Fsp3) is 0.500. The van der Waals surface area contributed by atoms with Crippen LogP contribution in [0.5, 0.6) is 0 Å². The Bertz CT molecular complexity index is 534. The highest BCUT2D eigenvalue weighted by molar-refractivity contribution is 8.00. The van der Waals surface area contributed by atoms with Crippen LogP contribution in [0.25, 0.3) is 10.2 Å². The molecule has 0 spiro atoms. The highest BCUT2D eigenvalue weighted by Crippen LogP contribution is 2.37. The molecule has 0 unspecified atom stereocenters. The van der Waals surface area contributed by atoms with Gasteiger partial charge >= 0.3 is 0 Å². The van der Waals surface area contributed by atoms with Crippen molar-refractivity contribution in [3.05, 3.63) is 11.4 Å². The van der Waals surface area contributed by atoms with Crippen molar-refractivity contribution in [2.75, 3.05) is 5.43 Å². The predicted octanol–water partition coefficient (Wildman–Crippen LogP) is 3.40. The maximum absolute atomic E-state index is 5.43. The molecule has 96 valence electrons. The number of hydrazine groups is 1. The molecular formula is C12H16N4S2. The van der Waals surface area contributed by atoms with Crippen molar-refractivity contribution in [3.63, 3.8) is 0 Å². The number of nitrogens with zero attached hydrogens (tertiary/aromatic N) is 2. The van der Waals surface area contributed by atoms with Gasteiger partial charge in [-0.05, 0) is 24.3 Å². The summed E-state index contributed by atoms with van der Waals surface area (Å²) in [5.41, 5.74) is 2.56. The average Bonchev–Trinajstić information content (AvgIpc) is 2.88. The third-order valence-corrected chi connectivity index (χ3v) is 5.40. The number of anilines is 1. The van der Waals surface area contributed by atoms with Crippen molar-refractivity contribution in [1.82, 2.24) is 9.97 Å². The second-order valence-corrected chi connectivity index (χ2v) is 6.70. The van der Waals surface area contributed by atoms with Gasteiger partial charge in [-0.15, -0.1) is 23.1 Å². The van der Waals surface area contributed by atoms with Crippen molar-refractivity contribution in [1.29, 1.82) is 0 Å². The molecule has 18 heavy (non-hydrogen) atoms. The Morgan fingerprint density at radius 2 is 2.11 bits per heavy atom. The van der Waals surface area contributed by atoms with E-state index in [1.54, 1.807) is 11.3 Å². The number of nitrogen functional groups attached to an aromatic ring is 1. The Labute approximate surface area is 114 Å². The molecule has 3 N–H and O–H groups in total. The second kappa shape index (κ2) is 5.42. The van der Waals surface area contributed by atoms with Crippen LogP contribution >= 0.6 is 23.1 Å². The van der Waals surface area contributed by atoms with Gasteiger partial charge in [-0.1, -0.05) is 19.3 Å². The van der Waals surface area contributed by atoms with E-state index in [1.807, 2.05) is 11.8 Å². The highest BCUT2D eigenvalue weighted by atomic mass is 32.2. The maximum Gasteiger partial charge on any atom is 0.239 e. The molecule has 4 nitrogen and oxygen atoms in total. The summed E-state index contributed by atoms with van der Waals surface area (Å²) in [4.78, 5) is 9.88.